The molecule has 116 valence electrons. The molecule has 1 aliphatic heterocycles. The van der Waals surface area contributed by atoms with Crippen LogP contribution >= 0.6 is 0 Å². The Morgan fingerprint density at radius 2 is 1.70 bits per heavy atom. The number of ether oxygens (including phenoxy) is 1. The Balaban J connectivity index is 1.91. The summed E-state index contributed by atoms with van der Waals surface area (Å²) in [7, 11) is 1.40. The first-order chi connectivity index (χ1) is 11.3. The molecule has 0 amide bonds. The average Bonchev–Trinajstić information content (AvgIpc) is 2.62. The lowest BCUT2D eigenvalue weighted by Crippen LogP contribution is -2.26. The van der Waals surface area contributed by atoms with E-state index >= 15 is 0 Å². The zero-order valence-corrected chi connectivity index (χ0v) is 13.1. The molecule has 3 heteroatoms. The van der Waals surface area contributed by atoms with Gasteiger partial charge in [-0.2, -0.15) is 0 Å². The van der Waals surface area contributed by atoms with Crippen molar-refractivity contribution in [2.75, 3.05) is 7.11 Å². The van der Waals surface area contributed by atoms with Gasteiger partial charge >= 0.3 is 5.97 Å². The van der Waals surface area contributed by atoms with Crippen LogP contribution in [0.3, 0.4) is 0 Å². The maximum Gasteiger partial charge on any atom is 0.339 e. The maximum atomic E-state index is 11.8. The molecule has 0 aliphatic carbocycles. The Morgan fingerprint density at radius 1 is 1.04 bits per heavy atom. The molecular weight excluding hydrogens is 286 g/mol. The Kier molecular flexibility index (Phi) is 4.57. The van der Waals surface area contributed by atoms with Crippen molar-refractivity contribution in [1.29, 1.82) is 0 Å². The highest BCUT2D eigenvalue weighted by molar-refractivity contribution is 5.91. The second-order valence-corrected chi connectivity index (χ2v) is 5.45. The van der Waals surface area contributed by atoms with Crippen molar-refractivity contribution >= 4 is 5.97 Å². The minimum absolute atomic E-state index is 0.102. The predicted molar refractivity (Wildman–Crippen MR) is 90.4 cm³/mol. The third-order valence-corrected chi connectivity index (χ3v) is 3.89. The van der Waals surface area contributed by atoms with Gasteiger partial charge in [0.05, 0.1) is 18.7 Å². The molecule has 3 rings (SSSR count). The lowest BCUT2D eigenvalue weighted by molar-refractivity contribution is -0.135. The number of carbonyl (C=O) groups is 1. The van der Waals surface area contributed by atoms with Gasteiger partial charge in [-0.15, -0.1) is 0 Å². The van der Waals surface area contributed by atoms with Crippen LogP contribution in [0.2, 0.25) is 0 Å². The van der Waals surface area contributed by atoms with Crippen LogP contribution in [0.1, 0.15) is 17.2 Å². The van der Waals surface area contributed by atoms with Crippen molar-refractivity contribution in [1.82, 2.24) is 4.90 Å². The number of nitrogens with zero attached hydrogens (tertiary/aromatic N) is 1. The number of rotatable bonds is 4. The van der Waals surface area contributed by atoms with Crippen molar-refractivity contribution in [2.45, 2.75) is 12.6 Å². The van der Waals surface area contributed by atoms with Crippen molar-refractivity contribution < 1.29 is 9.53 Å². The normalized spacial score (nSPS) is 16.8. The van der Waals surface area contributed by atoms with Gasteiger partial charge in [0.2, 0.25) is 0 Å². The molecule has 23 heavy (non-hydrogen) atoms. The van der Waals surface area contributed by atoms with E-state index in [0.29, 0.717) is 5.57 Å². The van der Waals surface area contributed by atoms with Crippen LogP contribution in [0, 0.1) is 0 Å². The van der Waals surface area contributed by atoms with Gasteiger partial charge in [-0.3, -0.25) is 0 Å². The third-order valence-electron chi connectivity index (χ3n) is 3.89. The first-order valence-corrected chi connectivity index (χ1v) is 7.61. The van der Waals surface area contributed by atoms with Crippen LogP contribution in [0.15, 0.2) is 84.6 Å². The molecule has 1 atom stereocenters. The maximum absolute atomic E-state index is 11.8. The van der Waals surface area contributed by atoms with Gasteiger partial charge in [0.1, 0.15) is 0 Å². The summed E-state index contributed by atoms with van der Waals surface area (Å²) in [6.45, 7) is 0.727. The van der Waals surface area contributed by atoms with Crippen LogP contribution in [-0.4, -0.2) is 18.0 Å². The average molecular weight is 305 g/mol. The molecule has 0 N–H and O–H groups in total. The fourth-order valence-corrected chi connectivity index (χ4v) is 2.74. The van der Waals surface area contributed by atoms with E-state index in [1.807, 2.05) is 54.8 Å². The summed E-state index contributed by atoms with van der Waals surface area (Å²) < 4.78 is 4.84. The lowest BCUT2D eigenvalue weighted by atomic mass is 10.00. The molecule has 0 aromatic heterocycles. The number of hydrogen-bond donors (Lipinski definition) is 0. The van der Waals surface area contributed by atoms with E-state index in [4.69, 9.17) is 4.74 Å². The molecule has 0 saturated carbocycles. The van der Waals surface area contributed by atoms with Gasteiger partial charge in [-0.1, -0.05) is 66.7 Å². The number of hydrogen-bond acceptors (Lipinski definition) is 3. The molecule has 1 unspecified atom stereocenters. The van der Waals surface area contributed by atoms with E-state index in [9.17, 15) is 4.79 Å². The van der Waals surface area contributed by atoms with E-state index in [0.717, 1.165) is 6.54 Å². The molecule has 2 aromatic carbocycles. The Morgan fingerprint density at radius 3 is 2.35 bits per heavy atom. The second-order valence-electron chi connectivity index (χ2n) is 5.45. The van der Waals surface area contributed by atoms with Gasteiger partial charge in [0.25, 0.3) is 0 Å². The summed E-state index contributed by atoms with van der Waals surface area (Å²) in [5.41, 5.74) is 2.96. The van der Waals surface area contributed by atoms with E-state index in [-0.39, 0.29) is 12.0 Å². The van der Waals surface area contributed by atoms with Crippen molar-refractivity contribution in [3.63, 3.8) is 0 Å². The molecular formula is C20H19NO2. The molecule has 1 heterocycles. The molecule has 0 bridgehead atoms. The van der Waals surface area contributed by atoms with Gasteiger partial charge in [-0.25, -0.2) is 4.79 Å². The summed E-state index contributed by atoms with van der Waals surface area (Å²) in [4.78, 5) is 14.0. The summed E-state index contributed by atoms with van der Waals surface area (Å²) in [5.74, 6) is -0.314. The number of methoxy groups -OCH3 is 1. The highest BCUT2D eigenvalue weighted by Gasteiger charge is 2.22. The number of benzene rings is 2. The van der Waals surface area contributed by atoms with Crippen LogP contribution in [0.25, 0.3) is 0 Å². The van der Waals surface area contributed by atoms with E-state index in [1.165, 1.54) is 18.2 Å². The van der Waals surface area contributed by atoms with E-state index in [1.54, 1.807) is 0 Å². The summed E-state index contributed by atoms with van der Waals surface area (Å²) in [6, 6.07) is 20.6. The molecule has 0 radical (unpaired) electrons. The van der Waals surface area contributed by atoms with Gasteiger partial charge in [0.15, 0.2) is 0 Å². The van der Waals surface area contributed by atoms with Crippen molar-refractivity contribution in [3.8, 4) is 0 Å². The third kappa shape index (κ3) is 3.51. The SMILES string of the molecule is COC(=O)C1=CN(Cc2ccccc2)C(c2ccccc2)C=C1. The number of carbonyl (C=O) groups excluding carboxylic acids is 1. The minimum atomic E-state index is -0.314. The smallest absolute Gasteiger partial charge is 0.339 e. The Hall–Kier alpha value is -2.81. The van der Waals surface area contributed by atoms with E-state index in [2.05, 4.69) is 29.2 Å². The Labute approximate surface area is 136 Å². The van der Waals surface area contributed by atoms with Crippen LogP contribution in [0.4, 0.5) is 0 Å². The molecule has 0 spiro atoms. The lowest BCUT2D eigenvalue weighted by Gasteiger charge is -2.32. The van der Waals surface area contributed by atoms with Crippen molar-refractivity contribution in [2.24, 2.45) is 0 Å². The van der Waals surface area contributed by atoms with Crippen LogP contribution in [-0.2, 0) is 16.1 Å². The molecule has 0 saturated heterocycles. The minimum Gasteiger partial charge on any atom is -0.465 e. The van der Waals surface area contributed by atoms with Crippen LogP contribution < -0.4 is 0 Å². The summed E-state index contributed by atoms with van der Waals surface area (Å²) >= 11 is 0. The van der Waals surface area contributed by atoms with Crippen LogP contribution in [0.5, 0.6) is 0 Å². The molecule has 2 aromatic rings. The predicted octanol–water partition coefficient (Wildman–Crippen LogP) is 3.86. The van der Waals surface area contributed by atoms with Gasteiger partial charge in [0, 0.05) is 12.7 Å². The van der Waals surface area contributed by atoms with Gasteiger partial charge in [-0.05, 0) is 17.2 Å². The fraction of sp³-hybridized carbons (Fsp3) is 0.150. The first kappa shape index (κ1) is 15.1. The highest BCUT2D eigenvalue weighted by atomic mass is 16.5. The summed E-state index contributed by atoms with van der Waals surface area (Å²) in [6.07, 6.45) is 5.77. The van der Waals surface area contributed by atoms with Gasteiger partial charge < -0.3 is 9.64 Å². The zero-order chi connectivity index (χ0) is 16.1. The second kappa shape index (κ2) is 6.97. The fourth-order valence-electron chi connectivity index (χ4n) is 2.74. The number of esters is 1. The first-order valence-electron chi connectivity index (χ1n) is 7.61. The Bertz CT molecular complexity index is 720. The topological polar surface area (TPSA) is 29.5 Å². The largest absolute Gasteiger partial charge is 0.465 e. The van der Waals surface area contributed by atoms with Crippen molar-refractivity contribution in [3.05, 3.63) is 95.7 Å². The van der Waals surface area contributed by atoms with E-state index < -0.39 is 0 Å². The molecule has 0 fully saturated rings. The highest BCUT2D eigenvalue weighted by Crippen LogP contribution is 2.29. The quantitative estimate of drug-likeness (QED) is 0.803. The standard InChI is InChI=1S/C20H19NO2/c1-23-20(22)18-12-13-19(17-10-6-3-7-11-17)21(15-18)14-16-8-4-2-5-9-16/h2-13,15,19H,14H2,1H3. The monoisotopic (exact) mass is 305 g/mol. The zero-order valence-electron chi connectivity index (χ0n) is 13.1. The molecule has 3 nitrogen and oxygen atoms in total. The summed E-state index contributed by atoms with van der Waals surface area (Å²) in [5, 5.41) is 0. The molecule has 1 aliphatic rings.